The summed E-state index contributed by atoms with van der Waals surface area (Å²) < 4.78 is 1.82. The molecule has 3 aromatic heterocycles. The highest BCUT2D eigenvalue weighted by atomic mass is 35.5. The molecule has 0 fully saturated rings. The van der Waals surface area contributed by atoms with Gasteiger partial charge in [-0.25, -0.2) is 4.98 Å². The third-order valence-corrected chi connectivity index (χ3v) is 6.85. The van der Waals surface area contributed by atoms with Crippen LogP contribution in [-0.4, -0.2) is 36.4 Å². The normalized spacial score (nSPS) is 11.1. The molecule has 0 bridgehead atoms. The molecule has 0 saturated heterocycles. The Balaban J connectivity index is 1.81. The summed E-state index contributed by atoms with van der Waals surface area (Å²) in [5.41, 5.74) is 0. The summed E-state index contributed by atoms with van der Waals surface area (Å²) in [7, 11) is 3.94. The number of hydrogen-bond donors (Lipinski definition) is 0. The molecule has 0 unspecified atom stereocenters. The summed E-state index contributed by atoms with van der Waals surface area (Å²) in [4.78, 5) is 23.9. The van der Waals surface area contributed by atoms with Gasteiger partial charge >= 0.3 is 0 Å². The summed E-state index contributed by atoms with van der Waals surface area (Å²) >= 11 is 10.6. The number of fused-ring (bicyclic) bond motifs is 1. The van der Waals surface area contributed by atoms with Gasteiger partial charge in [-0.2, -0.15) is 0 Å². The summed E-state index contributed by atoms with van der Waals surface area (Å²) in [6.45, 7) is 3.25. The highest BCUT2D eigenvalue weighted by molar-refractivity contribution is 7.29. The van der Waals surface area contributed by atoms with Gasteiger partial charge in [0.2, 0.25) is 0 Å². The molecule has 0 spiro atoms. The zero-order chi connectivity index (χ0) is 16.6. The van der Waals surface area contributed by atoms with E-state index in [1.54, 1.807) is 11.3 Å². The number of amides is 1. The molecule has 1 amide bonds. The minimum Gasteiger partial charge on any atom is -0.354 e. The van der Waals surface area contributed by atoms with Crippen molar-refractivity contribution in [2.45, 2.75) is 13.5 Å². The number of thiophene rings is 2. The monoisotopic (exact) mass is 385 g/mol. The van der Waals surface area contributed by atoms with E-state index < -0.39 is 0 Å². The van der Waals surface area contributed by atoms with E-state index in [1.165, 1.54) is 22.7 Å². The van der Waals surface area contributed by atoms with Gasteiger partial charge in [0.15, 0.2) is 5.13 Å². The third kappa shape index (κ3) is 3.52. The molecule has 0 radical (unpaired) electrons. The number of carbonyl (C=O) groups excluding carboxylic acids is 1. The van der Waals surface area contributed by atoms with Crippen molar-refractivity contribution >= 4 is 66.2 Å². The largest absolute Gasteiger partial charge is 0.354 e. The number of nitrogens with zero attached hydrogens (tertiary/aromatic N) is 3. The molecule has 3 rings (SSSR count). The maximum Gasteiger partial charge on any atom is 0.264 e. The Morgan fingerprint density at radius 1 is 1.26 bits per heavy atom. The fourth-order valence-electron chi connectivity index (χ4n) is 2.13. The lowest BCUT2D eigenvalue weighted by Crippen LogP contribution is -2.29. The summed E-state index contributed by atoms with van der Waals surface area (Å²) in [5, 5.41) is 0.964. The minimum atomic E-state index is 0.0543. The van der Waals surface area contributed by atoms with Crippen LogP contribution in [0.1, 0.15) is 21.5 Å². The quantitative estimate of drug-likeness (QED) is 0.632. The first-order chi connectivity index (χ1) is 11.0. The van der Waals surface area contributed by atoms with Crippen LogP contribution < -0.4 is 4.90 Å². The molecule has 3 aromatic rings. The number of hydrogen-bond acceptors (Lipinski definition) is 6. The molecule has 4 nitrogen and oxygen atoms in total. The van der Waals surface area contributed by atoms with E-state index in [0.29, 0.717) is 13.1 Å². The van der Waals surface area contributed by atoms with Crippen LogP contribution in [0, 0.1) is 0 Å². The van der Waals surface area contributed by atoms with Crippen LogP contribution in [0.4, 0.5) is 5.13 Å². The third-order valence-electron chi connectivity index (χ3n) is 3.32. The molecule has 23 heavy (non-hydrogen) atoms. The highest BCUT2D eigenvalue weighted by Crippen LogP contribution is 2.34. The number of aromatic nitrogens is 1. The molecule has 0 aliphatic carbocycles. The Hall–Kier alpha value is -1.15. The second kappa shape index (κ2) is 6.76. The SMILES string of the molecule is CCN(Cc1ccc(Cl)s1)C(=O)c1cc2sc(N(C)C)nc2s1. The van der Waals surface area contributed by atoms with E-state index in [2.05, 4.69) is 4.98 Å². The van der Waals surface area contributed by atoms with Gasteiger partial charge in [0.1, 0.15) is 4.83 Å². The average molecular weight is 386 g/mol. The second-order valence-corrected chi connectivity index (χ2v) is 9.04. The molecule has 0 aliphatic rings. The van der Waals surface area contributed by atoms with Crippen LogP contribution in [0.5, 0.6) is 0 Å². The second-order valence-electron chi connectivity index (χ2n) is 5.20. The Labute approximate surface area is 151 Å². The molecular formula is C15H16ClN3OS3. The van der Waals surface area contributed by atoms with Gasteiger partial charge in [0.25, 0.3) is 5.91 Å². The van der Waals surface area contributed by atoms with Crippen molar-refractivity contribution in [3.63, 3.8) is 0 Å². The van der Waals surface area contributed by atoms with Crippen molar-refractivity contribution in [3.05, 3.63) is 32.3 Å². The standard InChI is InChI=1S/C15H16ClN3OS3/c1-4-19(8-9-5-6-12(16)21-9)14(20)11-7-10-13(22-11)17-15(23-10)18(2)3/h5-7H,4,8H2,1-3H3. The molecule has 0 aliphatic heterocycles. The zero-order valence-electron chi connectivity index (χ0n) is 13.0. The van der Waals surface area contributed by atoms with E-state index in [0.717, 1.165) is 28.8 Å². The number of thiazole rings is 1. The van der Waals surface area contributed by atoms with Gasteiger partial charge in [-0.15, -0.1) is 22.7 Å². The van der Waals surface area contributed by atoms with Gasteiger partial charge in [0.05, 0.1) is 20.5 Å². The number of carbonyl (C=O) groups is 1. The lowest BCUT2D eigenvalue weighted by atomic mass is 10.3. The number of halogens is 1. The van der Waals surface area contributed by atoms with Crippen molar-refractivity contribution in [2.75, 3.05) is 25.5 Å². The smallest absolute Gasteiger partial charge is 0.264 e. The Morgan fingerprint density at radius 3 is 2.61 bits per heavy atom. The Kier molecular flexibility index (Phi) is 4.91. The van der Waals surface area contributed by atoms with Gasteiger partial charge < -0.3 is 9.80 Å². The highest BCUT2D eigenvalue weighted by Gasteiger charge is 2.20. The fraction of sp³-hybridized carbons (Fsp3) is 0.333. The summed E-state index contributed by atoms with van der Waals surface area (Å²) in [6.07, 6.45) is 0. The van der Waals surface area contributed by atoms with Gasteiger partial charge in [0, 0.05) is 25.5 Å². The molecular weight excluding hydrogens is 370 g/mol. The molecule has 0 aromatic carbocycles. The first-order valence-corrected chi connectivity index (χ1v) is 9.92. The van der Waals surface area contributed by atoms with Crippen molar-refractivity contribution in [3.8, 4) is 0 Å². The molecule has 122 valence electrons. The van der Waals surface area contributed by atoms with E-state index >= 15 is 0 Å². The lowest BCUT2D eigenvalue weighted by Gasteiger charge is -2.19. The van der Waals surface area contributed by atoms with Gasteiger partial charge in [-0.3, -0.25) is 4.79 Å². The van der Waals surface area contributed by atoms with E-state index in [9.17, 15) is 4.79 Å². The van der Waals surface area contributed by atoms with Crippen LogP contribution in [0.25, 0.3) is 9.53 Å². The van der Waals surface area contributed by atoms with E-state index in [4.69, 9.17) is 11.6 Å². The molecule has 0 N–H and O–H groups in total. The van der Waals surface area contributed by atoms with Crippen LogP contribution >= 0.6 is 45.6 Å². The van der Waals surface area contributed by atoms with E-state index in [-0.39, 0.29) is 5.91 Å². The topological polar surface area (TPSA) is 36.4 Å². The first kappa shape index (κ1) is 16.7. The van der Waals surface area contributed by atoms with Crippen molar-refractivity contribution in [1.82, 2.24) is 9.88 Å². The summed E-state index contributed by atoms with van der Waals surface area (Å²) in [5.74, 6) is 0.0543. The predicted octanol–water partition coefficient (Wildman–Crippen LogP) is 4.80. The van der Waals surface area contributed by atoms with E-state index in [1.807, 2.05) is 49.0 Å². The van der Waals surface area contributed by atoms with Crippen LogP contribution in [0.2, 0.25) is 4.34 Å². The van der Waals surface area contributed by atoms with Gasteiger partial charge in [-0.05, 0) is 25.1 Å². The maximum absolute atomic E-state index is 12.7. The zero-order valence-corrected chi connectivity index (χ0v) is 16.2. The predicted molar refractivity (Wildman–Crippen MR) is 102 cm³/mol. The number of anilines is 1. The fourth-order valence-corrected chi connectivity index (χ4v) is 5.33. The Morgan fingerprint density at radius 2 is 2.04 bits per heavy atom. The van der Waals surface area contributed by atoms with Crippen molar-refractivity contribution in [2.24, 2.45) is 0 Å². The van der Waals surface area contributed by atoms with Crippen molar-refractivity contribution < 1.29 is 4.79 Å². The maximum atomic E-state index is 12.7. The van der Waals surface area contributed by atoms with Crippen LogP contribution in [0.15, 0.2) is 18.2 Å². The molecule has 0 saturated carbocycles. The Bertz CT molecular complexity index is 805. The first-order valence-electron chi connectivity index (χ1n) is 7.09. The molecule has 3 heterocycles. The van der Waals surface area contributed by atoms with Gasteiger partial charge in [-0.1, -0.05) is 22.9 Å². The van der Waals surface area contributed by atoms with Crippen LogP contribution in [0.3, 0.4) is 0 Å². The van der Waals surface area contributed by atoms with Crippen molar-refractivity contribution in [1.29, 1.82) is 0 Å². The molecule has 0 atom stereocenters. The lowest BCUT2D eigenvalue weighted by molar-refractivity contribution is 0.0759. The average Bonchev–Trinajstić information content (AvgIpc) is 3.17. The minimum absolute atomic E-state index is 0.0543. The summed E-state index contributed by atoms with van der Waals surface area (Å²) in [6, 6.07) is 5.80. The van der Waals surface area contributed by atoms with Crippen LogP contribution in [-0.2, 0) is 6.54 Å². The number of rotatable bonds is 5. The molecule has 8 heteroatoms.